The summed E-state index contributed by atoms with van der Waals surface area (Å²) in [7, 11) is -2.15. The minimum Gasteiger partial charge on any atom is -0.451 e. The van der Waals surface area contributed by atoms with Crippen LogP contribution in [0, 0.1) is 0 Å². The number of nitrogen functional groups attached to an aromatic ring is 1. The van der Waals surface area contributed by atoms with Gasteiger partial charge in [0.25, 0.3) is 0 Å². The third-order valence-electron chi connectivity index (χ3n) is 6.94. The van der Waals surface area contributed by atoms with Crippen LogP contribution in [-0.4, -0.2) is 64.0 Å². The van der Waals surface area contributed by atoms with Crippen LogP contribution in [-0.2, 0) is 23.9 Å². The second kappa shape index (κ2) is 13.2. The highest BCUT2D eigenvalue weighted by atomic mass is 28.3. The first-order chi connectivity index (χ1) is 21.1. The predicted octanol–water partition coefficient (Wildman–Crippen LogP) is 3.90. The lowest BCUT2D eigenvalue weighted by atomic mass is 9.82. The molecule has 0 aliphatic carbocycles. The molecule has 1 aliphatic heterocycles. The van der Waals surface area contributed by atoms with E-state index in [-0.39, 0.29) is 11.9 Å². The SMILES string of the molecule is C[Si](C)(C)CC(=O)OC(C(=O)C=Cc1ccccc1)[C@H]1O[C@@H](n2ccc(N)nc2=O)C(F)(F)[C@@]1(O)C(=O)C=Cc1ccccc1. The van der Waals surface area contributed by atoms with Crippen molar-refractivity contribution >= 4 is 43.6 Å². The summed E-state index contributed by atoms with van der Waals surface area (Å²) >= 11 is 0. The zero-order chi connectivity index (χ0) is 33.0. The van der Waals surface area contributed by atoms with Crippen LogP contribution in [0.2, 0.25) is 25.7 Å². The molecule has 3 N–H and O–H groups in total. The fourth-order valence-corrected chi connectivity index (χ4v) is 5.68. The van der Waals surface area contributed by atoms with Crippen molar-refractivity contribution in [1.29, 1.82) is 0 Å². The van der Waals surface area contributed by atoms with Gasteiger partial charge in [-0.15, -0.1) is 0 Å². The monoisotopic (exact) mass is 637 g/mol. The van der Waals surface area contributed by atoms with Crippen molar-refractivity contribution in [3.63, 3.8) is 0 Å². The molecule has 2 aromatic carbocycles. The highest BCUT2D eigenvalue weighted by Crippen LogP contribution is 2.51. The van der Waals surface area contributed by atoms with E-state index in [4.69, 9.17) is 15.2 Å². The van der Waals surface area contributed by atoms with E-state index in [0.29, 0.717) is 15.7 Å². The number of ether oxygens (including phenoxy) is 2. The number of ketones is 2. The fraction of sp³-hybridized carbons (Fsp3) is 0.281. The number of nitrogens with zero attached hydrogens (tertiary/aromatic N) is 2. The number of carbonyl (C=O) groups is 3. The van der Waals surface area contributed by atoms with E-state index in [2.05, 4.69) is 4.98 Å². The van der Waals surface area contributed by atoms with Gasteiger partial charge in [0.2, 0.25) is 11.8 Å². The maximum Gasteiger partial charge on any atom is 0.351 e. The first-order valence-corrected chi connectivity index (χ1v) is 17.7. The van der Waals surface area contributed by atoms with Crippen molar-refractivity contribution in [3.05, 3.63) is 107 Å². The molecule has 1 unspecified atom stereocenters. The lowest BCUT2D eigenvalue weighted by Crippen LogP contribution is -2.62. The molecule has 236 valence electrons. The van der Waals surface area contributed by atoms with Gasteiger partial charge in [0.1, 0.15) is 11.9 Å². The second-order valence-electron chi connectivity index (χ2n) is 11.7. The van der Waals surface area contributed by atoms with Gasteiger partial charge in [0.05, 0.1) is 8.07 Å². The average molecular weight is 638 g/mol. The molecule has 1 aromatic heterocycles. The fourth-order valence-electron chi connectivity index (χ4n) is 4.73. The molecule has 3 aromatic rings. The predicted molar refractivity (Wildman–Crippen MR) is 166 cm³/mol. The van der Waals surface area contributed by atoms with Crippen LogP contribution in [0.4, 0.5) is 14.6 Å². The molecule has 1 saturated heterocycles. The van der Waals surface area contributed by atoms with Gasteiger partial charge in [0.15, 0.2) is 17.7 Å². The molecule has 10 nitrogen and oxygen atoms in total. The average Bonchev–Trinajstić information content (AvgIpc) is 3.19. The van der Waals surface area contributed by atoms with E-state index in [9.17, 15) is 24.3 Å². The van der Waals surface area contributed by atoms with E-state index in [1.807, 2.05) is 19.6 Å². The number of alkyl halides is 2. The Morgan fingerprint density at radius 2 is 1.58 bits per heavy atom. The summed E-state index contributed by atoms with van der Waals surface area (Å²) in [5.41, 5.74) is 1.47. The molecule has 13 heteroatoms. The number of benzene rings is 2. The van der Waals surface area contributed by atoms with Crippen molar-refractivity contribution in [3.8, 4) is 0 Å². The Morgan fingerprint density at radius 1 is 1.02 bits per heavy atom. The van der Waals surface area contributed by atoms with Crippen molar-refractivity contribution in [2.75, 3.05) is 5.73 Å². The number of aromatic nitrogens is 2. The Labute approximate surface area is 258 Å². The van der Waals surface area contributed by atoms with Gasteiger partial charge in [-0.2, -0.15) is 13.8 Å². The van der Waals surface area contributed by atoms with Crippen LogP contribution in [0.15, 0.2) is 89.9 Å². The van der Waals surface area contributed by atoms with Gasteiger partial charge in [0, 0.05) is 12.2 Å². The van der Waals surface area contributed by atoms with Gasteiger partial charge in [-0.05, 0) is 29.3 Å². The van der Waals surface area contributed by atoms with E-state index in [1.54, 1.807) is 60.7 Å². The highest BCUT2D eigenvalue weighted by molar-refractivity contribution is 6.78. The molecule has 1 aliphatic rings. The molecule has 0 spiro atoms. The molecule has 0 saturated carbocycles. The van der Waals surface area contributed by atoms with E-state index < -0.39 is 61.3 Å². The van der Waals surface area contributed by atoms with Crippen molar-refractivity contribution < 1.29 is 37.7 Å². The molecule has 4 atom stereocenters. The molecule has 4 rings (SSSR count). The first kappa shape index (κ1) is 33.3. The molecule has 2 heterocycles. The zero-order valence-electron chi connectivity index (χ0n) is 24.8. The van der Waals surface area contributed by atoms with Crippen LogP contribution in [0.25, 0.3) is 12.2 Å². The van der Waals surface area contributed by atoms with Crippen LogP contribution < -0.4 is 11.4 Å². The van der Waals surface area contributed by atoms with Gasteiger partial charge in [-0.1, -0.05) is 92.5 Å². The summed E-state index contributed by atoms with van der Waals surface area (Å²) in [6.07, 6.45) is -2.17. The highest BCUT2D eigenvalue weighted by Gasteiger charge is 2.75. The van der Waals surface area contributed by atoms with Gasteiger partial charge < -0.3 is 20.3 Å². The Bertz CT molecular complexity index is 1670. The van der Waals surface area contributed by atoms with E-state index in [0.717, 1.165) is 24.4 Å². The maximum absolute atomic E-state index is 16.4. The number of carbonyl (C=O) groups excluding carboxylic acids is 3. The standard InChI is InChI=1S/C32H33F2N3O7Si/c1-45(2,3)20-26(40)43-27(23(38)16-14-21-10-6-4-7-11-21)28-31(42,24(39)17-15-22-12-8-5-9-13-22)32(33,34)29(44-28)37-19-18-25(35)36-30(37)41/h4-19,27-29,42H,20H2,1-3H3,(H2,35,36,41)/t27?,28-,29-,31-/m1/s1. The largest absolute Gasteiger partial charge is 0.451 e. The zero-order valence-corrected chi connectivity index (χ0v) is 25.8. The van der Waals surface area contributed by atoms with Crippen molar-refractivity contribution in [2.24, 2.45) is 0 Å². The molecule has 0 bridgehead atoms. The maximum atomic E-state index is 16.4. The normalized spacial score (nSPS) is 22.0. The smallest absolute Gasteiger partial charge is 0.351 e. The molecule has 0 amide bonds. The minimum absolute atomic E-state index is 0.104. The third-order valence-corrected chi connectivity index (χ3v) is 8.29. The van der Waals surface area contributed by atoms with Gasteiger partial charge in [-0.3, -0.25) is 19.0 Å². The number of hydrogen-bond donors (Lipinski definition) is 2. The molecule has 0 radical (unpaired) electrons. The third kappa shape index (κ3) is 7.39. The van der Waals surface area contributed by atoms with Crippen LogP contribution >= 0.6 is 0 Å². The Hall–Kier alpha value is -4.59. The topological polar surface area (TPSA) is 151 Å². The number of rotatable bonds is 11. The minimum atomic E-state index is -4.55. The quantitative estimate of drug-likeness (QED) is 0.181. The number of hydrogen-bond acceptors (Lipinski definition) is 9. The molecular formula is C32H33F2N3O7Si. The summed E-state index contributed by atoms with van der Waals surface area (Å²) < 4.78 is 44.2. The summed E-state index contributed by atoms with van der Waals surface area (Å²) in [6.45, 7) is 5.56. The molecule has 1 fully saturated rings. The van der Waals surface area contributed by atoms with Crippen LogP contribution in [0.1, 0.15) is 17.4 Å². The van der Waals surface area contributed by atoms with Gasteiger partial charge in [-0.25, -0.2) is 4.79 Å². The second-order valence-corrected chi connectivity index (χ2v) is 17.2. The summed E-state index contributed by atoms with van der Waals surface area (Å²) in [5.74, 6) is -8.32. The molecular weight excluding hydrogens is 604 g/mol. The Morgan fingerprint density at radius 3 is 2.11 bits per heavy atom. The Kier molecular flexibility index (Phi) is 9.76. The van der Waals surface area contributed by atoms with Crippen molar-refractivity contribution in [2.45, 2.75) is 55.6 Å². The summed E-state index contributed by atoms with van der Waals surface area (Å²) in [5, 5.41) is 11.8. The van der Waals surface area contributed by atoms with Crippen LogP contribution in [0.3, 0.4) is 0 Å². The lowest BCUT2D eigenvalue weighted by Gasteiger charge is -2.33. The lowest BCUT2D eigenvalue weighted by molar-refractivity contribution is -0.194. The summed E-state index contributed by atoms with van der Waals surface area (Å²) in [4.78, 5) is 56.4. The van der Waals surface area contributed by atoms with E-state index in [1.165, 1.54) is 12.2 Å². The Balaban J connectivity index is 1.85. The van der Waals surface area contributed by atoms with E-state index >= 15 is 8.78 Å². The first-order valence-electron chi connectivity index (χ1n) is 14.0. The number of esters is 1. The number of anilines is 1. The number of nitrogens with two attached hydrogens (primary N) is 1. The van der Waals surface area contributed by atoms with Gasteiger partial charge >= 0.3 is 17.6 Å². The number of halogens is 2. The molecule has 45 heavy (non-hydrogen) atoms. The van der Waals surface area contributed by atoms with Crippen LogP contribution in [0.5, 0.6) is 0 Å². The van der Waals surface area contributed by atoms with Crippen molar-refractivity contribution in [1.82, 2.24) is 9.55 Å². The number of aliphatic hydroxyl groups is 1. The summed E-state index contributed by atoms with van der Waals surface area (Å²) in [6, 6.07) is 17.6.